The molecule has 1 nitrogen and oxygen atoms in total. The summed E-state index contributed by atoms with van der Waals surface area (Å²) in [6, 6.07) is 6.80. The van der Waals surface area contributed by atoms with Crippen molar-refractivity contribution in [1.29, 1.82) is 0 Å². The van der Waals surface area contributed by atoms with Gasteiger partial charge < -0.3 is 4.57 Å². The quantitative estimate of drug-likeness (QED) is 0.609. The summed E-state index contributed by atoms with van der Waals surface area (Å²) in [6.07, 6.45) is 1.98. The highest BCUT2D eigenvalue weighted by Gasteiger charge is 1.99. The number of fused-ring (bicyclic) bond motifs is 1. The summed E-state index contributed by atoms with van der Waals surface area (Å²) in [6.45, 7) is 3.00. The van der Waals surface area contributed by atoms with Crippen LogP contribution in [0, 0.1) is 5.82 Å². The fourth-order valence-corrected chi connectivity index (χ4v) is 1.45. The van der Waals surface area contributed by atoms with Gasteiger partial charge in [0.15, 0.2) is 0 Å². The van der Waals surface area contributed by atoms with E-state index >= 15 is 0 Å². The highest BCUT2D eigenvalue weighted by atomic mass is 19.1. The molecule has 0 radical (unpaired) electrons. The zero-order valence-electron chi connectivity index (χ0n) is 6.92. The lowest BCUT2D eigenvalue weighted by Gasteiger charge is -1.98. The first-order chi connectivity index (χ1) is 5.81. The molecule has 0 aliphatic rings. The average molecular weight is 163 g/mol. The van der Waals surface area contributed by atoms with Crippen LogP contribution < -0.4 is 0 Å². The fraction of sp³-hybridized carbons (Fsp3) is 0.200. The minimum absolute atomic E-state index is 0.170. The molecular formula is C10H10FN. The molecule has 0 aliphatic heterocycles. The molecule has 0 N–H and O–H groups in total. The van der Waals surface area contributed by atoms with Gasteiger partial charge in [-0.25, -0.2) is 4.39 Å². The number of aryl methyl sites for hydroxylation is 1. The highest BCUT2D eigenvalue weighted by Crippen LogP contribution is 2.16. The van der Waals surface area contributed by atoms with E-state index in [0.717, 1.165) is 17.4 Å². The van der Waals surface area contributed by atoms with Gasteiger partial charge in [0.25, 0.3) is 0 Å². The van der Waals surface area contributed by atoms with Crippen molar-refractivity contribution in [3.63, 3.8) is 0 Å². The van der Waals surface area contributed by atoms with Gasteiger partial charge >= 0.3 is 0 Å². The summed E-state index contributed by atoms with van der Waals surface area (Å²) in [5.74, 6) is -0.170. The van der Waals surface area contributed by atoms with Crippen molar-refractivity contribution in [2.75, 3.05) is 0 Å². The first-order valence-electron chi connectivity index (χ1n) is 4.05. The lowest BCUT2D eigenvalue weighted by atomic mass is 10.2. The largest absolute Gasteiger partial charge is 0.348 e. The topological polar surface area (TPSA) is 4.93 Å². The summed E-state index contributed by atoms with van der Waals surface area (Å²) in [5.41, 5.74) is 1.10. The number of rotatable bonds is 1. The van der Waals surface area contributed by atoms with E-state index in [1.807, 2.05) is 18.3 Å². The van der Waals surface area contributed by atoms with Crippen LogP contribution in [0.25, 0.3) is 10.9 Å². The molecule has 1 aromatic heterocycles. The van der Waals surface area contributed by atoms with Crippen LogP contribution in [-0.2, 0) is 6.54 Å². The van der Waals surface area contributed by atoms with E-state index in [1.54, 1.807) is 6.07 Å². The molecule has 0 saturated heterocycles. The van der Waals surface area contributed by atoms with Gasteiger partial charge in [0.2, 0.25) is 0 Å². The first-order valence-corrected chi connectivity index (χ1v) is 4.05. The van der Waals surface area contributed by atoms with Gasteiger partial charge in [-0.3, -0.25) is 0 Å². The van der Waals surface area contributed by atoms with E-state index < -0.39 is 0 Å². The third-order valence-electron chi connectivity index (χ3n) is 2.07. The van der Waals surface area contributed by atoms with Crippen molar-refractivity contribution >= 4 is 10.9 Å². The Hall–Kier alpha value is -1.31. The Labute approximate surface area is 70.4 Å². The summed E-state index contributed by atoms with van der Waals surface area (Å²) in [5, 5.41) is 0.969. The normalized spacial score (nSPS) is 10.8. The van der Waals surface area contributed by atoms with Crippen molar-refractivity contribution in [1.82, 2.24) is 4.57 Å². The first kappa shape index (κ1) is 7.35. The molecule has 62 valence electrons. The predicted octanol–water partition coefficient (Wildman–Crippen LogP) is 2.80. The van der Waals surface area contributed by atoms with Crippen molar-refractivity contribution in [3.05, 3.63) is 36.3 Å². The van der Waals surface area contributed by atoms with Crippen molar-refractivity contribution in [3.8, 4) is 0 Å². The van der Waals surface area contributed by atoms with E-state index in [9.17, 15) is 4.39 Å². The molecule has 2 aromatic rings. The van der Waals surface area contributed by atoms with Crippen LogP contribution in [-0.4, -0.2) is 4.57 Å². The summed E-state index contributed by atoms with van der Waals surface area (Å²) in [7, 11) is 0. The van der Waals surface area contributed by atoms with Crippen LogP contribution in [0.2, 0.25) is 0 Å². The van der Waals surface area contributed by atoms with Crippen LogP contribution in [0.5, 0.6) is 0 Å². The monoisotopic (exact) mass is 163 g/mol. The van der Waals surface area contributed by atoms with Gasteiger partial charge in [-0.05, 0) is 31.2 Å². The SMILES string of the molecule is CCn1ccc2cc(F)ccc21. The Morgan fingerprint density at radius 2 is 2.17 bits per heavy atom. The lowest BCUT2D eigenvalue weighted by Crippen LogP contribution is -1.89. The Morgan fingerprint density at radius 1 is 1.33 bits per heavy atom. The molecule has 0 atom stereocenters. The van der Waals surface area contributed by atoms with E-state index in [1.165, 1.54) is 6.07 Å². The minimum atomic E-state index is -0.170. The number of benzene rings is 1. The van der Waals surface area contributed by atoms with Crippen LogP contribution in [0.4, 0.5) is 4.39 Å². The van der Waals surface area contributed by atoms with Gasteiger partial charge in [-0.15, -0.1) is 0 Å². The number of hydrogen-bond acceptors (Lipinski definition) is 0. The zero-order chi connectivity index (χ0) is 8.55. The lowest BCUT2D eigenvalue weighted by molar-refractivity contribution is 0.629. The van der Waals surface area contributed by atoms with Gasteiger partial charge in [-0.2, -0.15) is 0 Å². The van der Waals surface area contributed by atoms with Crippen LogP contribution in [0.1, 0.15) is 6.92 Å². The van der Waals surface area contributed by atoms with Crippen molar-refractivity contribution < 1.29 is 4.39 Å². The Balaban J connectivity index is 2.73. The molecule has 1 aromatic carbocycles. The molecular weight excluding hydrogens is 153 g/mol. The fourth-order valence-electron chi connectivity index (χ4n) is 1.45. The van der Waals surface area contributed by atoms with Crippen molar-refractivity contribution in [2.45, 2.75) is 13.5 Å². The second-order valence-corrected chi connectivity index (χ2v) is 2.80. The second kappa shape index (κ2) is 2.63. The smallest absolute Gasteiger partial charge is 0.123 e. The zero-order valence-corrected chi connectivity index (χ0v) is 6.92. The van der Waals surface area contributed by atoms with E-state index in [0.29, 0.717) is 0 Å². The molecule has 12 heavy (non-hydrogen) atoms. The molecule has 0 spiro atoms. The summed E-state index contributed by atoms with van der Waals surface area (Å²) < 4.78 is 14.8. The molecule has 0 unspecified atom stereocenters. The molecule has 0 aliphatic carbocycles. The molecule has 0 saturated carbocycles. The third-order valence-corrected chi connectivity index (χ3v) is 2.07. The van der Waals surface area contributed by atoms with Gasteiger partial charge in [0.1, 0.15) is 5.82 Å². The number of halogens is 1. The summed E-state index contributed by atoms with van der Waals surface area (Å²) >= 11 is 0. The minimum Gasteiger partial charge on any atom is -0.348 e. The van der Waals surface area contributed by atoms with Crippen LogP contribution in [0.3, 0.4) is 0 Å². The van der Waals surface area contributed by atoms with E-state index in [4.69, 9.17) is 0 Å². The van der Waals surface area contributed by atoms with Gasteiger partial charge in [-0.1, -0.05) is 0 Å². The molecule has 0 fully saturated rings. The van der Waals surface area contributed by atoms with E-state index in [-0.39, 0.29) is 5.82 Å². The molecule has 0 amide bonds. The Morgan fingerprint density at radius 3 is 2.92 bits per heavy atom. The van der Waals surface area contributed by atoms with E-state index in [2.05, 4.69) is 11.5 Å². The highest BCUT2D eigenvalue weighted by molar-refractivity contribution is 5.80. The standard InChI is InChI=1S/C10H10FN/c1-2-12-6-5-8-7-9(11)3-4-10(8)12/h3-7H,2H2,1H3. The molecule has 2 heteroatoms. The second-order valence-electron chi connectivity index (χ2n) is 2.80. The maximum atomic E-state index is 12.7. The Bertz CT molecular complexity index is 403. The molecule has 2 rings (SSSR count). The van der Waals surface area contributed by atoms with Gasteiger partial charge in [0, 0.05) is 23.6 Å². The maximum absolute atomic E-state index is 12.7. The Kier molecular flexibility index (Phi) is 1.61. The predicted molar refractivity (Wildman–Crippen MR) is 47.6 cm³/mol. The third kappa shape index (κ3) is 0.998. The number of aromatic nitrogens is 1. The van der Waals surface area contributed by atoms with Crippen molar-refractivity contribution in [2.24, 2.45) is 0 Å². The van der Waals surface area contributed by atoms with Gasteiger partial charge in [0.05, 0.1) is 0 Å². The summed E-state index contributed by atoms with van der Waals surface area (Å²) in [4.78, 5) is 0. The van der Waals surface area contributed by atoms with Crippen LogP contribution in [0.15, 0.2) is 30.5 Å². The van der Waals surface area contributed by atoms with Crippen LogP contribution >= 0.6 is 0 Å². The molecule has 1 heterocycles. The maximum Gasteiger partial charge on any atom is 0.123 e. The number of hydrogen-bond donors (Lipinski definition) is 0. The average Bonchev–Trinajstić information content (AvgIpc) is 2.46. The number of nitrogens with zero attached hydrogens (tertiary/aromatic N) is 1. The molecule has 0 bridgehead atoms.